The molecule has 1 aliphatic carbocycles. The van der Waals surface area contributed by atoms with Crippen LogP contribution in [-0.2, 0) is 0 Å². The van der Waals surface area contributed by atoms with Crippen LogP contribution in [-0.4, -0.2) is 59.3 Å². The Kier molecular flexibility index (Phi) is 5.04. The van der Waals surface area contributed by atoms with Gasteiger partial charge < -0.3 is 15.2 Å². The third-order valence-electron chi connectivity index (χ3n) is 4.72. The van der Waals surface area contributed by atoms with Crippen LogP contribution in [0.3, 0.4) is 0 Å². The molecule has 126 valence electrons. The lowest BCUT2D eigenvalue weighted by atomic mass is 10.1. The molecular weight excluding hydrogens is 318 g/mol. The minimum Gasteiger partial charge on any atom is -0.480 e. The van der Waals surface area contributed by atoms with Crippen LogP contribution in [0.15, 0.2) is 12.3 Å². The molecule has 0 aromatic carbocycles. The largest absolute Gasteiger partial charge is 0.480 e. The summed E-state index contributed by atoms with van der Waals surface area (Å²) < 4.78 is 5.00. The number of rotatable bonds is 4. The number of hydrogen-bond donors (Lipinski definition) is 2. The van der Waals surface area contributed by atoms with Gasteiger partial charge in [0.1, 0.15) is 5.02 Å². The topological polar surface area (TPSA) is 74.7 Å². The highest BCUT2D eigenvalue weighted by Gasteiger charge is 2.36. The minimum atomic E-state index is -0.239. The minimum absolute atomic E-state index is 0.105. The van der Waals surface area contributed by atoms with Crippen LogP contribution in [0, 0.1) is 0 Å². The van der Waals surface area contributed by atoms with Gasteiger partial charge in [-0.3, -0.25) is 9.69 Å². The summed E-state index contributed by atoms with van der Waals surface area (Å²) in [5, 5.41) is 13.1. The number of nitrogens with zero attached hydrogens (tertiary/aromatic N) is 2. The summed E-state index contributed by atoms with van der Waals surface area (Å²) in [5.41, 5.74) is 0.433. The van der Waals surface area contributed by atoms with Crippen LogP contribution < -0.4 is 10.1 Å². The van der Waals surface area contributed by atoms with Gasteiger partial charge in [0.15, 0.2) is 0 Å². The smallest absolute Gasteiger partial charge is 0.253 e. The number of hydrogen-bond acceptors (Lipinski definition) is 5. The fourth-order valence-electron chi connectivity index (χ4n) is 3.57. The van der Waals surface area contributed by atoms with Crippen molar-refractivity contribution in [3.05, 3.63) is 22.8 Å². The molecule has 1 unspecified atom stereocenters. The Bertz CT molecular complexity index is 584. The highest BCUT2D eigenvalue weighted by atomic mass is 35.5. The van der Waals surface area contributed by atoms with E-state index in [1.165, 1.54) is 13.3 Å². The van der Waals surface area contributed by atoms with Gasteiger partial charge in [-0.15, -0.1) is 0 Å². The highest BCUT2D eigenvalue weighted by Crippen LogP contribution is 2.28. The maximum absolute atomic E-state index is 12.5. The molecule has 2 aliphatic rings. The molecular formula is C16H22ClN3O3. The van der Waals surface area contributed by atoms with Gasteiger partial charge in [-0.1, -0.05) is 11.6 Å². The van der Waals surface area contributed by atoms with Crippen molar-refractivity contribution in [3.8, 4) is 5.88 Å². The first kappa shape index (κ1) is 16.5. The zero-order valence-corrected chi connectivity index (χ0v) is 13.9. The van der Waals surface area contributed by atoms with Crippen molar-refractivity contribution in [2.45, 2.75) is 43.9 Å². The lowest BCUT2D eigenvalue weighted by Gasteiger charge is -2.29. The molecule has 3 rings (SSSR count). The Balaban J connectivity index is 1.65. The quantitative estimate of drug-likeness (QED) is 0.868. The Morgan fingerprint density at radius 1 is 1.48 bits per heavy atom. The number of methoxy groups -OCH3 is 1. The van der Waals surface area contributed by atoms with Crippen molar-refractivity contribution < 1.29 is 14.6 Å². The third kappa shape index (κ3) is 3.59. The Hall–Kier alpha value is -1.37. The summed E-state index contributed by atoms with van der Waals surface area (Å²) >= 11 is 6.04. The van der Waals surface area contributed by atoms with E-state index in [0.717, 1.165) is 32.2 Å². The number of aliphatic hydroxyl groups is 1. The monoisotopic (exact) mass is 339 g/mol. The van der Waals surface area contributed by atoms with Crippen molar-refractivity contribution in [3.63, 3.8) is 0 Å². The van der Waals surface area contributed by atoms with E-state index in [1.807, 2.05) is 0 Å². The maximum Gasteiger partial charge on any atom is 0.253 e. The van der Waals surface area contributed by atoms with E-state index in [1.54, 1.807) is 6.07 Å². The Morgan fingerprint density at radius 3 is 2.96 bits per heavy atom. The fourth-order valence-corrected chi connectivity index (χ4v) is 3.81. The number of carbonyl (C=O) groups is 1. The summed E-state index contributed by atoms with van der Waals surface area (Å²) in [6, 6.07) is 1.98. The Labute approximate surface area is 140 Å². The van der Waals surface area contributed by atoms with Gasteiger partial charge in [0.25, 0.3) is 5.91 Å². The first-order chi connectivity index (χ1) is 11.1. The second-order valence-corrected chi connectivity index (χ2v) is 6.64. The van der Waals surface area contributed by atoms with Crippen molar-refractivity contribution in [2.24, 2.45) is 0 Å². The van der Waals surface area contributed by atoms with Crippen LogP contribution >= 0.6 is 11.6 Å². The number of aliphatic hydroxyl groups excluding tert-OH is 1. The van der Waals surface area contributed by atoms with E-state index in [0.29, 0.717) is 29.1 Å². The standard InChI is InChI=1S/C16H22ClN3O3/c1-23-16-12(17)7-10(8-18-16)15(22)19-13-3-2-4-14(13)20-6-5-11(21)9-20/h7-8,11,13-14,21H,2-6,9H2,1H3,(H,19,22)/t11?,13-,14+/m1/s1. The van der Waals surface area contributed by atoms with Gasteiger partial charge >= 0.3 is 0 Å². The SMILES string of the molecule is COc1ncc(C(=O)N[C@@H]2CCC[C@@H]2N2CCC(O)C2)cc1Cl. The molecule has 0 spiro atoms. The summed E-state index contributed by atoms with van der Waals surface area (Å²) in [4.78, 5) is 18.8. The summed E-state index contributed by atoms with van der Waals surface area (Å²) in [7, 11) is 1.49. The second-order valence-electron chi connectivity index (χ2n) is 6.23. The molecule has 23 heavy (non-hydrogen) atoms. The van der Waals surface area contributed by atoms with Crippen LogP contribution in [0.5, 0.6) is 5.88 Å². The van der Waals surface area contributed by atoms with E-state index in [9.17, 15) is 9.90 Å². The van der Waals surface area contributed by atoms with E-state index in [4.69, 9.17) is 16.3 Å². The van der Waals surface area contributed by atoms with Crippen molar-refractivity contribution >= 4 is 17.5 Å². The highest BCUT2D eigenvalue weighted by molar-refractivity contribution is 6.32. The number of carbonyl (C=O) groups excluding carboxylic acids is 1. The lowest BCUT2D eigenvalue weighted by molar-refractivity contribution is 0.0905. The molecule has 1 aromatic rings. The predicted octanol–water partition coefficient (Wildman–Crippen LogP) is 1.46. The zero-order valence-electron chi connectivity index (χ0n) is 13.2. The number of amides is 1. The van der Waals surface area contributed by atoms with Crippen molar-refractivity contribution in [2.75, 3.05) is 20.2 Å². The van der Waals surface area contributed by atoms with Gasteiger partial charge in [0, 0.05) is 31.4 Å². The van der Waals surface area contributed by atoms with Crippen LogP contribution in [0.2, 0.25) is 5.02 Å². The average Bonchev–Trinajstić information content (AvgIpc) is 3.15. The number of halogens is 1. The van der Waals surface area contributed by atoms with E-state index >= 15 is 0 Å². The molecule has 0 bridgehead atoms. The molecule has 0 radical (unpaired) electrons. The van der Waals surface area contributed by atoms with Gasteiger partial charge in [-0.25, -0.2) is 4.98 Å². The summed E-state index contributed by atoms with van der Waals surface area (Å²) in [6.07, 6.45) is 5.15. The molecule has 6 nitrogen and oxygen atoms in total. The molecule has 1 saturated carbocycles. The molecule has 2 heterocycles. The van der Waals surface area contributed by atoms with Gasteiger partial charge in [0.05, 0.1) is 18.8 Å². The molecule has 3 atom stereocenters. The van der Waals surface area contributed by atoms with Crippen LogP contribution in [0.4, 0.5) is 0 Å². The van der Waals surface area contributed by atoms with E-state index in [2.05, 4.69) is 15.2 Å². The van der Waals surface area contributed by atoms with Crippen molar-refractivity contribution in [1.29, 1.82) is 0 Å². The first-order valence-electron chi connectivity index (χ1n) is 8.01. The zero-order chi connectivity index (χ0) is 16.4. The third-order valence-corrected chi connectivity index (χ3v) is 4.99. The predicted molar refractivity (Wildman–Crippen MR) is 86.9 cm³/mol. The van der Waals surface area contributed by atoms with Gasteiger partial charge in [-0.05, 0) is 31.7 Å². The fraction of sp³-hybridized carbons (Fsp3) is 0.625. The second kappa shape index (κ2) is 7.03. The maximum atomic E-state index is 12.5. The number of pyridine rings is 1. The number of aromatic nitrogens is 1. The lowest BCUT2D eigenvalue weighted by Crippen LogP contribution is -2.48. The number of β-amino-alcohol motifs (C(OH)–C–C–N with tert-alkyl or cyclic N) is 1. The molecule has 2 N–H and O–H groups in total. The molecule has 7 heteroatoms. The molecule has 2 fully saturated rings. The normalized spacial score (nSPS) is 28.0. The van der Waals surface area contributed by atoms with E-state index in [-0.39, 0.29) is 18.1 Å². The number of nitrogens with one attached hydrogen (secondary N) is 1. The van der Waals surface area contributed by atoms with Crippen molar-refractivity contribution in [1.82, 2.24) is 15.2 Å². The number of ether oxygens (including phenoxy) is 1. The van der Waals surface area contributed by atoms with Crippen LogP contribution in [0.25, 0.3) is 0 Å². The first-order valence-corrected chi connectivity index (χ1v) is 8.39. The van der Waals surface area contributed by atoms with E-state index < -0.39 is 0 Å². The molecule has 1 aromatic heterocycles. The average molecular weight is 340 g/mol. The number of likely N-dealkylation sites (tertiary alicyclic amines) is 1. The Morgan fingerprint density at radius 2 is 2.30 bits per heavy atom. The summed E-state index contributed by atoms with van der Waals surface area (Å²) in [5.74, 6) is 0.145. The molecule has 1 aliphatic heterocycles. The molecule has 1 amide bonds. The summed E-state index contributed by atoms with van der Waals surface area (Å²) in [6.45, 7) is 1.60. The van der Waals surface area contributed by atoms with Gasteiger partial charge in [0.2, 0.25) is 5.88 Å². The molecule has 1 saturated heterocycles. The van der Waals surface area contributed by atoms with Gasteiger partial charge in [-0.2, -0.15) is 0 Å². The van der Waals surface area contributed by atoms with Crippen LogP contribution in [0.1, 0.15) is 36.0 Å².